The molecule has 0 bridgehead atoms. The number of halogens is 3. The maximum atomic E-state index is 13.2. The van der Waals surface area contributed by atoms with E-state index in [0.717, 1.165) is 23.5 Å². The second kappa shape index (κ2) is 9.11. The van der Waals surface area contributed by atoms with Crippen LogP contribution in [0.3, 0.4) is 0 Å². The highest BCUT2D eigenvalue weighted by Gasteiger charge is 2.30. The van der Waals surface area contributed by atoms with Crippen molar-refractivity contribution in [2.75, 3.05) is 11.8 Å². The Bertz CT molecular complexity index is 1300. The molecule has 1 N–H and O–H groups in total. The Balaban J connectivity index is 1.61. The van der Waals surface area contributed by atoms with Crippen LogP contribution in [0.25, 0.3) is 16.8 Å². The first kappa shape index (κ1) is 22.6. The third kappa shape index (κ3) is 4.93. The number of imidazole rings is 1. The summed E-state index contributed by atoms with van der Waals surface area (Å²) in [6, 6.07) is 17.0. The van der Waals surface area contributed by atoms with Crippen molar-refractivity contribution >= 4 is 16.7 Å². The summed E-state index contributed by atoms with van der Waals surface area (Å²) in [5.41, 5.74) is 2.59. The van der Waals surface area contributed by atoms with Crippen molar-refractivity contribution in [3.05, 3.63) is 90.5 Å². The molecule has 1 unspecified atom stereocenters. The molecule has 0 fully saturated rings. The van der Waals surface area contributed by atoms with E-state index in [9.17, 15) is 17.4 Å². The van der Waals surface area contributed by atoms with Gasteiger partial charge >= 0.3 is 6.18 Å². The largest absolute Gasteiger partial charge is 0.494 e. The molecule has 4 rings (SSSR count). The molecule has 0 aliphatic heterocycles. The van der Waals surface area contributed by atoms with E-state index in [-0.39, 0.29) is 0 Å². The highest BCUT2D eigenvalue weighted by molar-refractivity contribution is 7.86. The summed E-state index contributed by atoms with van der Waals surface area (Å²) >= 11 is 0. The van der Waals surface area contributed by atoms with Gasteiger partial charge in [-0.15, -0.1) is 0 Å². The maximum absolute atomic E-state index is 13.2. The first-order valence-corrected chi connectivity index (χ1v) is 11.1. The summed E-state index contributed by atoms with van der Waals surface area (Å²) in [4.78, 5) is 4.67. The Kier molecular flexibility index (Phi) is 6.24. The van der Waals surface area contributed by atoms with Crippen molar-refractivity contribution in [3.63, 3.8) is 0 Å². The van der Waals surface area contributed by atoms with E-state index in [4.69, 9.17) is 4.74 Å². The van der Waals surface area contributed by atoms with Gasteiger partial charge in [-0.25, -0.2) is 9.19 Å². The number of aryl methyl sites for hydroxylation is 1. The van der Waals surface area contributed by atoms with Crippen LogP contribution in [0.5, 0.6) is 5.75 Å². The van der Waals surface area contributed by atoms with E-state index in [0.29, 0.717) is 27.5 Å². The number of alkyl halides is 3. The molecule has 1 atom stereocenters. The fraction of sp³-hybridized carbons (Fsp3) is 0.125. The highest BCUT2D eigenvalue weighted by Crippen LogP contribution is 2.33. The summed E-state index contributed by atoms with van der Waals surface area (Å²) in [6.07, 6.45) is -0.870. The van der Waals surface area contributed by atoms with E-state index in [1.54, 1.807) is 49.8 Å². The number of hydrogen-bond donors (Lipinski definition) is 1. The van der Waals surface area contributed by atoms with Gasteiger partial charge < -0.3 is 14.0 Å². The molecule has 0 aliphatic rings. The van der Waals surface area contributed by atoms with Crippen LogP contribution in [0.2, 0.25) is 0 Å². The van der Waals surface area contributed by atoms with Crippen molar-refractivity contribution in [2.24, 2.45) is 0 Å². The number of anilines is 1. The Labute approximate surface area is 191 Å². The average molecular weight is 472 g/mol. The van der Waals surface area contributed by atoms with Gasteiger partial charge in [0.05, 0.1) is 41.0 Å². The maximum Gasteiger partial charge on any atom is 0.416 e. The Morgan fingerprint density at radius 2 is 1.76 bits per heavy atom. The normalized spacial score (nSPS) is 12.4. The van der Waals surface area contributed by atoms with E-state index >= 15 is 0 Å². The van der Waals surface area contributed by atoms with Crippen LogP contribution >= 0.6 is 0 Å². The summed E-state index contributed by atoms with van der Waals surface area (Å²) in [7, 11) is -0.128. The molecule has 33 heavy (non-hydrogen) atoms. The molecule has 4 aromatic rings. The lowest BCUT2D eigenvalue weighted by Gasteiger charge is -2.14. The lowest BCUT2D eigenvalue weighted by molar-refractivity contribution is -0.137. The fourth-order valence-electron chi connectivity index (χ4n) is 3.37. The third-order valence-electron chi connectivity index (χ3n) is 4.99. The summed E-state index contributed by atoms with van der Waals surface area (Å²) in [6.45, 7) is 1.89. The minimum Gasteiger partial charge on any atom is -0.494 e. The first-order chi connectivity index (χ1) is 15.8. The van der Waals surface area contributed by atoms with E-state index in [1.165, 1.54) is 12.1 Å². The number of nitrogens with zero attached hydrogens (tertiary/aromatic N) is 2. The number of rotatable bonds is 6. The minimum absolute atomic E-state index is 0.450. The predicted molar refractivity (Wildman–Crippen MR) is 122 cm³/mol. The first-order valence-electron chi connectivity index (χ1n) is 9.90. The Morgan fingerprint density at radius 3 is 2.39 bits per heavy atom. The number of hydrogen-bond acceptors (Lipinski definition) is 3. The lowest BCUT2D eigenvalue weighted by Crippen LogP contribution is -2.07. The molecule has 1 aromatic heterocycles. The Morgan fingerprint density at radius 1 is 1.03 bits per heavy atom. The van der Waals surface area contributed by atoms with Crippen molar-refractivity contribution in [1.82, 2.24) is 9.55 Å². The molecule has 0 saturated carbocycles. The van der Waals surface area contributed by atoms with E-state index < -0.39 is 22.7 Å². The molecule has 3 aromatic carbocycles. The van der Waals surface area contributed by atoms with Crippen LogP contribution in [-0.4, -0.2) is 20.9 Å². The zero-order valence-corrected chi connectivity index (χ0v) is 18.6. The molecule has 1 heterocycles. The van der Waals surface area contributed by atoms with Gasteiger partial charge in [-0.1, -0.05) is 30.3 Å². The van der Waals surface area contributed by atoms with E-state index in [1.807, 2.05) is 23.8 Å². The number of aromatic nitrogens is 2. The molecule has 0 amide bonds. The standard InChI is InChI=1S/C24H20F3N3O2S/c1-16-14-30(15-28-16)21-12-11-19(13-22(21)32-2)29-33(31)23-6-4-3-5-20(23)17-7-9-18(10-8-17)24(25,26)27/h3-15,29H,1-2H3. The van der Waals surface area contributed by atoms with Gasteiger partial charge in [-0.2, -0.15) is 13.2 Å². The van der Waals surface area contributed by atoms with Gasteiger partial charge in [-0.3, -0.25) is 0 Å². The lowest BCUT2D eigenvalue weighted by atomic mass is 10.0. The van der Waals surface area contributed by atoms with Gasteiger partial charge in [0.2, 0.25) is 0 Å². The van der Waals surface area contributed by atoms with Gasteiger partial charge in [0.25, 0.3) is 0 Å². The van der Waals surface area contributed by atoms with Crippen LogP contribution in [0.1, 0.15) is 11.3 Å². The second-order valence-corrected chi connectivity index (χ2v) is 8.43. The quantitative estimate of drug-likeness (QED) is 0.375. The molecule has 0 spiro atoms. The monoisotopic (exact) mass is 471 g/mol. The summed E-state index contributed by atoms with van der Waals surface area (Å²) in [5, 5.41) is 0. The van der Waals surface area contributed by atoms with Gasteiger partial charge in [-0.05, 0) is 48.4 Å². The van der Waals surface area contributed by atoms with Gasteiger partial charge in [0.15, 0.2) is 11.0 Å². The number of ether oxygens (including phenoxy) is 1. The molecule has 5 nitrogen and oxygen atoms in total. The average Bonchev–Trinajstić information content (AvgIpc) is 3.24. The van der Waals surface area contributed by atoms with Gasteiger partial charge in [0.1, 0.15) is 5.75 Å². The molecule has 0 radical (unpaired) electrons. The Hall–Kier alpha value is -3.59. The van der Waals surface area contributed by atoms with Crippen LogP contribution < -0.4 is 9.46 Å². The number of benzene rings is 3. The number of nitrogens with one attached hydrogen (secondary N) is 1. The molecule has 0 saturated heterocycles. The molecule has 9 heteroatoms. The smallest absolute Gasteiger partial charge is 0.416 e. The number of methoxy groups -OCH3 is 1. The second-order valence-electron chi connectivity index (χ2n) is 7.25. The zero-order valence-electron chi connectivity index (χ0n) is 17.8. The van der Waals surface area contributed by atoms with Crippen molar-refractivity contribution in [3.8, 4) is 22.6 Å². The van der Waals surface area contributed by atoms with Crippen molar-refractivity contribution < 1.29 is 22.1 Å². The van der Waals surface area contributed by atoms with Crippen molar-refractivity contribution in [2.45, 2.75) is 18.0 Å². The molecular formula is C24H20F3N3O2S. The van der Waals surface area contributed by atoms with E-state index in [2.05, 4.69) is 9.71 Å². The minimum atomic E-state index is -4.41. The topological polar surface area (TPSA) is 56.1 Å². The molecule has 170 valence electrons. The SMILES string of the molecule is COc1cc(NS(=O)c2ccccc2-c2ccc(C(F)(F)F)cc2)ccc1-n1cnc(C)c1. The summed E-state index contributed by atoms with van der Waals surface area (Å²) < 4.78 is 62.1. The van der Waals surface area contributed by atoms with Crippen LogP contribution in [-0.2, 0) is 17.2 Å². The summed E-state index contributed by atoms with van der Waals surface area (Å²) in [5.74, 6) is 0.561. The van der Waals surface area contributed by atoms with Crippen LogP contribution in [0.4, 0.5) is 18.9 Å². The zero-order chi connectivity index (χ0) is 23.6. The third-order valence-corrected chi connectivity index (χ3v) is 6.17. The predicted octanol–water partition coefficient (Wildman–Crippen LogP) is 6.01. The molecule has 0 aliphatic carbocycles. The van der Waals surface area contributed by atoms with Crippen LogP contribution in [0.15, 0.2) is 84.1 Å². The van der Waals surface area contributed by atoms with Crippen LogP contribution in [0, 0.1) is 6.92 Å². The fourth-order valence-corrected chi connectivity index (χ4v) is 4.41. The van der Waals surface area contributed by atoms with Gasteiger partial charge in [0, 0.05) is 12.3 Å². The highest BCUT2D eigenvalue weighted by atomic mass is 32.2. The molecular weight excluding hydrogens is 451 g/mol. The van der Waals surface area contributed by atoms with Crippen molar-refractivity contribution in [1.29, 1.82) is 0 Å².